The predicted octanol–water partition coefficient (Wildman–Crippen LogP) is 5.67. The first-order chi connectivity index (χ1) is 7.47. The molecule has 1 aromatic rings. The summed E-state index contributed by atoms with van der Waals surface area (Å²) in [5.41, 5.74) is 3.53. The number of rotatable bonds is 4. The number of hydrogen-bond acceptors (Lipinski definition) is 0. The monoisotopic (exact) mass is 258 g/mol. The second-order valence-corrected chi connectivity index (χ2v) is 5.50. The molecule has 2 atom stereocenters. The van der Waals surface area contributed by atoms with Crippen LogP contribution in [0.4, 0.5) is 0 Å². The zero-order valence-corrected chi connectivity index (χ0v) is 12.0. The van der Waals surface area contributed by atoms with E-state index in [4.69, 9.17) is 23.2 Å². The van der Waals surface area contributed by atoms with E-state index in [0.717, 1.165) is 17.0 Å². The molecule has 0 spiro atoms. The highest BCUT2D eigenvalue weighted by molar-refractivity contribution is 6.31. The zero-order chi connectivity index (χ0) is 12.3. The topological polar surface area (TPSA) is 0 Å². The lowest BCUT2D eigenvalue weighted by Crippen LogP contribution is -2.06. The predicted molar refractivity (Wildman–Crippen MR) is 73.6 cm³/mol. The molecular formula is C14H20Cl2. The molecule has 16 heavy (non-hydrogen) atoms. The molecule has 0 nitrogen and oxygen atoms in total. The average molecular weight is 259 g/mol. The molecule has 0 aromatic heterocycles. The van der Waals surface area contributed by atoms with Gasteiger partial charge in [-0.05, 0) is 48.9 Å². The van der Waals surface area contributed by atoms with Crippen LogP contribution in [0.25, 0.3) is 0 Å². The third kappa shape index (κ3) is 3.15. The normalized spacial score (nSPS) is 14.9. The molecule has 90 valence electrons. The quantitative estimate of drug-likeness (QED) is 0.611. The number of alkyl halides is 1. The van der Waals surface area contributed by atoms with Gasteiger partial charge in [-0.15, -0.1) is 11.6 Å². The standard InChI is InChI=1S/C14H20Cl2/c1-5-6-9(2)14(16)12-7-11(4)13(15)8-10(12)3/h7-9,14H,5-6H2,1-4H3. The Kier molecular flexibility index (Phi) is 5.14. The average Bonchev–Trinajstić information content (AvgIpc) is 2.23. The maximum Gasteiger partial charge on any atom is 0.0613 e. The molecule has 0 aliphatic rings. The van der Waals surface area contributed by atoms with E-state index in [2.05, 4.69) is 26.8 Å². The largest absolute Gasteiger partial charge is 0.118 e. The van der Waals surface area contributed by atoms with Gasteiger partial charge in [0.15, 0.2) is 0 Å². The van der Waals surface area contributed by atoms with Gasteiger partial charge in [0.25, 0.3) is 0 Å². The molecule has 2 heteroatoms. The fourth-order valence-electron chi connectivity index (χ4n) is 2.01. The molecule has 0 heterocycles. The summed E-state index contributed by atoms with van der Waals surface area (Å²) in [6.07, 6.45) is 2.34. The van der Waals surface area contributed by atoms with Crippen LogP contribution in [0, 0.1) is 19.8 Å². The Labute approximate surface area is 109 Å². The molecule has 1 aromatic carbocycles. The first kappa shape index (κ1) is 13.9. The van der Waals surface area contributed by atoms with Crippen molar-refractivity contribution in [2.75, 3.05) is 0 Å². The van der Waals surface area contributed by atoms with E-state index in [1.54, 1.807) is 0 Å². The van der Waals surface area contributed by atoms with Crippen LogP contribution in [0.5, 0.6) is 0 Å². The van der Waals surface area contributed by atoms with E-state index >= 15 is 0 Å². The molecule has 1 rings (SSSR count). The summed E-state index contributed by atoms with van der Waals surface area (Å²) in [6.45, 7) is 8.51. The maximum atomic E-state index is 6.52. The lowest BCUT2D eigenvalue weighted by Gasteiger charge is -2.20. The van der Waals surface area contributed by atoms with E-state index in [9.17, 15) is 0 Å². The van der Waals surface area contributed by atoms with Gasteiger partial charge in [-0.2, -0.15) is 0 Å². The van der Waals surface area contributed by atoms with Crippen LogP contribution in [0.2, 0.25) is 5.02 Å². The van der Waals surface area contributed by atoms with Crippen molar-refractivity contribution in [3.63, 3.8) is 0 Å². The molecule has 2 unspecified atom stereocenters. The molecule has 0 saturated carbocycles. The second kappa shape index (κ2) is 5.93. The van der Waals surface area contributed by atoms with Gasteiger partial charge in [-0.1, -0.05) is 37.9 Å². The molecule has 0 saturated heterocycles. The van der Waals surface area contributed by atoms with Crippen LogP contribution in [0.15, 0.2) is 12.1 Å². The van der Waals surface area contributed by atoms with Gasteiger partial charge in [-0.25, -0.2) is 0 Å². The molecular weight excluding hydrogens is 239 g/mol. The van der Waals surface area contributed by atoms with Crippen molar-refractivity contribution in [3.8, 4) is 0 Å². The maximum absolute atomic E-state index is 6.52. The van der Waals surface area contributed by atoms with E-state index in [-0.39, 0.29) is 5.38 Å². The van der Waals surface area contributed by atoms with Crippen LogP contribution in [0.3, 0.4) is 0 Å². The van der Waals surface area contributed by atoms with E-state index < -0.39 is 0 Å². The summed E-state index contributed by atoms with van der Waals surface area (Å²) in [6, 6.07) is 4.14. The number of halogens is 2. The van der Waals surface area contributed by atoms with Crippen molar-refractivity contribution in [2.24, 2.45) is 5.92 Å². The van der Waals surface area contributed by atoms with Gasteiger partial charge >= 0.3 is 0 Å². The van der Waals surface area contributed by atoms with Crippen molar-refractivity contribution in [3.05, 3.63) is 33.8 Å². The summed E-state index contributed by atoms with van der Waals surface area (Å²) in [5.74, 6) is 0.506. The summed E-state index contributed by atoms with van der Waals surface area (Å²) in [5, 5.41) is 0.921. The van der Waals surface area contributed by atoms with Crippen LogP contribution < -0.4 is 0 Å². The van der Waals surface area contributed by atoms with E-state index in [1.165, 1.54) is 17.5 Å². The van der Waals surface area contributed by atoms with Crippen molar-refractivity contribution < 1.29 is 0 Å². The summed E-state index contributed by atoms with van der Waals surface area (Å²) < 4.78 is 0. The second-order valence-electron chi connectivity index (χ2n) is 4.63. The van der Waals surface area contributed by atoms with Gasteiger partial charge in [0, 0.05) is 5.02 Å². The van der Waals surface area contributed by atoms with Crippen molar-refractivity contribution in [2.45, 2.75) is 45.9 Å². The Balaban J connectivity index is 2.99. The van der Waals surface area contributed by atoms with Gasteiger partial charge in [0.1, 0.15) is 0 Å². The lowest BCUT2D eigenvalue weighted by molar-refractivity contribution is 0.506. The van der Waals surface area contributed by atoms with Crippen LogP contribution in [0.1, 0.15) is 48.8 Å². The van der Waals surface area contributed by atoms with Crippen LogP contribution in [-0.2, 0) is 0 Å². The Morgan fingerprint density at radius 1 is 1.19 bits per heavy atom. The summed E-state index contributed by atoms with van der Waals surface area (Å²) in [7, 11) is 0. The lowest BCUT2D eigenvalue weighted by atomic mass is 9.92. The Morgan fingerprint density at radius 3 is 2.38 bits per heavy atom. The fraction of sp³-hybridized carbons (Fsp3) is 0.571. The minimum atomic E-state index is 0.0934. The van der Waals surface area contributed by atoms with Gasteiger partial charge < -0.3 is 0 Å². The molecule has 0 amide bonds. The zero-order valence-electron chi connectivity index (χ0n) is 10.5. The summed E-state index contributed by atoms with van der Waals surface area (Å²) in [4.78, 5) is 0. The number of hydrogen-bond donors (Lipinski definition) is 0. The molecule has 0 aliphatic heterocycles. The minimum Gasteiger partial charge on any atom is -0.118 e. The van der Waals surface area contributed by atoms with Crippen LogP contribution >= 0.6 is 23.2 Å². The molecule has 0 aliphatic carbocycles. The molecule has 0 radical (unpaired) electrons. The molecule has 0 fully saturated rings. The number of benzene rings is 1. The SMILES string of the molecule is CCCC(C)C(Cl)c1cc(C)c(Cl)cc1C. The van der Waals surface area contributed by atoms with E-state index in [0.29, 0.717) is 5.92 Å². The van der Waals surface area contributed by atoms with Gasteiger partial charge in [0.05, 0.1) is 5.38 Å². The smallest absolute Gasteiger partial charge is 0.0613 e. The molecule has 0 bridgehead atoms. The Hall–Kier alpha value is -0.200. The van der Waals surface area contributed by atoms with Crippen molar-refractivity contribution in [1.82, 2.24) is 0 Å². The minimum absolute atomic E-state index is 0.0934. The van der Waals surface area contributed by atoms with Gasteiger partial charge in [-0.3, -0.25) is 0 Å². The van der Waals surface area contributed by atoms with Crippen molar-refractivity contribution in [1.29, 1.82) is 0 Å². The molecule has 0 N–H and O–H groups in total. The highest BCUT2D eigenvalue weighted by atomic mass is 35.5. The van der Waals surface area contributed by atoms with E-state index in [1.807, 2.05) is 13.0 Å². The number of aryl methyl sites for hydroxylation is 2. The highest BCUT2D eigenvalue weighted by Gasteiger charge is 2.18. The Morgan fingerprint density at radius 2 is 1.81 bits per heavy atom. The first-order valence-electron chi connectivity index (χ1n) is 5.88. The fourth-order valence-corrected chi connectivity index (χ4v) is 2.59. The first-order valence-corrected chi connectivity index (χ1v) is 6.69. The van der Waals surface area contributed by atoms with Crippen molar-refractivity contribution >= 4 is 23.2 Å². The Bertz CT molecular complexity index is 358. The summed E-state index contributed by atoms with van der Waals surface area (Å²) >= 11 is 12.6. The third-order valence-corrected chi connectivity index (χ3v) is 4.16. The highest BCUT2D eigenvalue weighted by Crippen LogP contribution is 2.35. The van der Waals surface area contributed by atoms with Gasteiger partial charge in [0.2, 0.25) is 0 Å². The third-order valence-electron chi connectivity index (χ3n) is 3.09. The van der Waals surface area contributed by atoms with Crippen LogP contribution in [-0.4, -0.2) is 0 Å².